The number of tetrazole rings is 1. The average Bonchev–Trinajstić information content (AvgIpc) is 3.41. The van der Waals surface area contributed by atoms with Crippen molar-refractivity contribution in [3.8, 4) is 0 Å². The van der Waals surface area contributed by atoms with Gasteiger partial charge in [0.05, 0.1) is 27.4 Å². The minimum atomic E-state index is -3.81. The number of ether oxygens (including phenoxy) is 1. The van der Waals surface area contributed by atoms with Gasteiger partial charge in [-0.05, 0) is 54.2 Å². The third kappa shape index (κ3) is 4.87. The van der Waals surface area contributed by atoms with E-state index < -0.39 is 14.9 Å². The van der Waals surface area contributed by atoms with Gasteiger partial charge >= 0.3 is 0 Å². The summed E-state index contributed by atoms with van der Waals surface area (Å²) in [4.78, 5) is 13.3. The molecule has 3 heterocycles. The van der Waals surface area contributed by atoms with E-state index in [1.54, 1.807) is 4.68 Å². The number of benzene rings is 1. The van der Waals surface area contributed by atoms with Gasteiger partial charge in [0.25, 0.3) is 5.69 Å². The summed E-state index contributed by atoms with van der Waals surface area (Å²) in [6.45, 7) is 3.08. The summed E-state index contributed by atoms with van der Waals surface area (Å²) in [7, 11) is -1.89. The molecule has 1 atom stereocenters. The summed E-state index contributed by atoms with van der Waals surface area (Å²) in [5.74, 6) is 0. The molecule has 2 saturated heterocycles. The van der Waals surface area contributed by atoms with Crippen LogP contribution in [-0.2, 0) is 21.3 Å². The fourth-order valence-electron chi connectivity index (χ4n) is 3.53. The Labute approximate surface area is 183 Å². The van der Waals surface area contributed by atoms with Gasteiger partial charge in [-0.25, -0.2) is 13.1 Å². The third-order valence-electron chi connectivity index (χ3n) is 5.33. The first-order valence-corrected chi connectivity index (χ1v) is 12.1. The molecule has 0 saturated carbocycles. The van der Waals surface area contributed by atoms with Crippen LogP contribution in [-0.4, -0.2) is 88.7 Å². The summed E-state index contributed by atoms with van der Waals surface area (Å²) < 4.78 is 34.5. The normalized spacial score (nSPS) is 20.9. The lowest BCUT2D eigenvalue weighted by Gasteiger charge is -2.31. The Morgan fingerprint density at radius 1 is 1.29 bits per heavy atom. The van der Waals surface area contributed by atoms with Crippen LogP contribution in [0.1, 0.15) is 12.8 Å². The van der Waals surface area contributed by atoms with Crippen LogP contribution in [0, 0.1) is 10.1 Å². The highest BCUT2D eigenvalue weighted by Crippen LogP contribution is 2.36. The highest BCUT2D eigenvalue weighted by atomic mass is 32.2. The zero-order valence-corrected chi connectivity index (χ0v) is 18.6. The maximum Gasteiger partial charge on any atom is 0.284 e. The maximum absolute atomic E-state index is 13.0. The van der Waals surface area contributed by atoms with Gasteiger partial charge in [-0.3, -0.25) is 10.1 Å². The van der Waals surface area contributed by atoms with E-state index in [9.17, 15) is 18.5 Å². The van der Waals surface area contributed by atoms with Crippen LogP contribution < -0.4 is 0 Å². The first-order chi connectivity index (χ1) is 14.8. The van der Waals surface area contributed by atoms with Crippen LogP contribution in [0.15, 0.2) is 33.1 Å². The molecule has 2 fully saturated rings. The quantitative estimate of drug-likeness (QED) is 0.424. The molecule has 2 aliphatic rings. The topological polar surface area (TPSA) is 137 Å². The Morgan fingerprint density at radius 2 is 2.06 bits per heavy atom. The van der Waals surface area contributed by atoms with Gasteiger partial charge in [-0.1, -0.05) is 0 Å². The number of aromatic nitrogens is 4. The number of nitro groups is 1. The van der Waals surface area contributed by atoms with Crippen molar-refractivity contribution >= 4 is 27.5 Å². The maximum atomic E-state index is 13.0. The van der Waals surface area contributed by atoms with Crippen LogP contribution >= 0.6 is 11.8 Å². The lowest BCUT2D eigenvalue weighted by atomic mass is 10.2. The van der Waals surface area contributed by atoms with Crippen molar-refractivity contribution in [1.29, 1.82) is 0 Å². The monoisotopic (exact) mass is 469 g/mol. The first kappa shape index (κ1) is 22.1. The Hall–Kier alpha value is -2.13. The van der Waals surface area contributed by atoms with Crippen molar-refractivity contribution in [3.63, 3.8) is 0 Å². The molecule has 12 nitrogen and oxygen atoms in total. The van der Waals surface area contributed by atoms with Crippen molar-refractivity contribution in [1.82, 2.24) is 29.4 Å². The van der Waals surface area contributed by atoms with E-state index in [1.165, 1.54) is 16.4 Å². The fraction of sp³-hybridized carbons (Fsp3) is 0.588. The van der Waals surface area contributed by atoms with Crippen LogP contribution in [0.4, 0.5) is 5.69 Å². The smallest absolute Gasteiger partial charge is 0.284 e. The van der Waals surface area contributed by atoms with E-state index >= 15 is 0 Å². The van der Waals surface area contributed by atoms with Gasteiger partial charge in [0.1, 0.15) is 0 Å². The fourth-order valence-corrected chi connectivity index (χ4v) is 5.84. The predicted octanol–water partition coefficient (Wildman–Crippen LogP) is 0.848. The molecule has 0 N–H and O–H groups in total. The molecule has 1 aromatic heterocycles. The van der Waals surface area contributed by atoms with Gasteiger partial charge in [0, 0.05) is 38.9 Å². The standard InChI is InChI=1S/C17H23N7O5S2/c1-21-6-8-22(9-7-21)31(27,28)14-4-5-16(15(11-14)24(25)26)30-17-18-19-20-23(17)12-13-3-2-10-29-13/h4-5,11,13H,2-3,6-10,12H2,1H3. The molecule has 0 aliphatic carbocycles. The Bertz CT molecular complexity index is 1050. The van der Waals surface area contributed by atoms with E-state index in [4.69, 9.17) is 4.74 Å². The number of hydrogen-bond donors (Lipinski definition) is 0. The SMILES string of the molecule is CN1CCN(S(=O)(=O)c2ccc(Sc3nnnn3CC3CCCO3)c([N+](=O)[O-])c2)CC1. The van der Waals surface area contributed by atoms with Crippen LogP contribution in [0.25, 0.3) is 0 Å². The third-order valence-corrected chi connectivity index (χ3v) is 8.26. The van der Waals surface area contributed by atoms with Crippen molar-refractivity contribution < 1.29 is 18.1 Å². The van der Waals surface area contributed by atoms with Gasteiger partial charge in [-0.15, -0.1) is 5.10 Å². The second-order valence-electron chi connectivity index (χ2n) is 7.47. The van der Waals surface area contributed by atoms with Crippen molar-refractivity contribution in [2.45, 2.75) is 40.4 Å². The summed E-state index contributed by atoms with van der Waals surface area (Å²) in [5.41, 5.74) is -0.299. The summed E-state index contributed by atoms with van der Waals surface area (Å²) in [5, 5.41) is 23.7. The molecule has 2 aliphatic heterocycles. The van der Waals surface area contributed by atoms with E-state index in [1.807, 2.05) is 11.9 Å². The minimum Gasteiger partial charge on any atom is -0.376 e. The lowest BCUT2D eigenvalue weighted by molar-refractivity contribution is -0.388. The van der Waals surface area contributed by atoms with Gasteiger partial charge < -0.3 is 9.64 Å². The predicted molar refractivity (Wildman–Crippen MR) is 110 cm³/mol. The first-order valence-electron chi connectivity index (χ1n) is 9.87. The highest BCUT2D eigenvalue weighted by molar-refractivity contribution is 7.99. The Morgan fingerprint density at radius 3 is 2.74 bits per heavy atom. The number of sulfonamides is 1. The van der Waals surface area contributed by atoms with Crippen LogP contribution in [0.5, 0.6) is 0 Å². The highest BCUT2D eigenvalue weighted by Gasteiger charge is 2.30. The Balaban J connectivity index is 1.57. The van der Waals surface area contributed by atoms with Gasteiger partial charge in [-0.2, -0.15) is 4.31 Å². The number of nitrogens with zero attached hydrogens (tertiary/aromatic N) is 7. The zero-order chi connectivity index (χ0) is 22.0. The van der Waals surface area contributed by atoms with E-state index in [-0.39, 0.29) is 21.6 Å². The summed E-state index contributed by atoms with van der Waals surface area (Å²) >= 11 is 1.03. The number of nitro benzene ring substituents is 1. The Kier molecular flexibility index (Phi) is 6.52. The molecule has 1 aromatic carbocycles. The van der Waals surface area contributed by atoms with Crippen molar-refractivity contribution in [2.24, 2.45) is 0 Å². The van der Waals surface area contributed by atoms with Crippen molar-refractivity contribution in [2.75, 3.05) is 39.8 Å². The number of hydrogen-bond acceptors (Lipinski definition) is 10. The molecule has 31 heavy (non-hydrogen) atoms. The molecule has 0 bridgehead atoms. The van der Waals surface area contributed by atoms with E-state index in [0.29, 0.717) is 44.5 Å². The second kappa shape index (κ2) is 9.16. The van der Waals surface area contributed by atoms with E-state index in [2.05, 4.69) is 15.5 Å². The van der Waals surface area contributed by atoms with E-state index in [0.717, 1.165) is 30.7 Å². The molecular weight excluding hydrogens is 446 g/mol. The van der Waals surface area contributed by atoms with Crippen molar-refractivity contribution in [3.05, 3.63) is 28.3 Å². The molecule has 0 radical (unpaired) electrons. The summed E-state index contributed by atoms with van der Waals surface area (Å²) in [6, 6.07) is 3.96. The molecule has 14 heteroatoms. The van der Waals surface area contributed by atoms with Gasteiger partial charge in [0.2, 0.25) is 15.2 Å². The molecule has 0 amide bonds. The molecule has 4 rings (SSSR count). The largest absolute Gasteiger partial charge is 0.376 e. The number of rotatable bonds is 7. The number of piperazine rings is 1. The average molecular weight is 470 g/mol. The molecule has 1 unspecified atom stereocenters. The zero-order valence-electron chi connectivity index (χ0n) is 17.0. The number of likely N-dealkylation sites (N-methyl/N-ethyl adjacent to an activating group) is 1. The molecule has 0 spiro atoms. The van der Waals surface area contributed by atoms with Crippen LogP contribution in [0.2, 0.25) is 0 Å². The minimum absolute atomic E-state index is 0.00828. The lowest BCUT2D eigenvalue weighted by Crippen LogP contribution is -2.47. The molecular formula is C17H23N7O5S2. The summed E-state index contributed by atoms with van der Waals surface area (Å²) in [6.07, 6.45) is 1.89. The molecule has 2 aromatic rings. The van der Waals surface area contributed by atoms with Crippen LogP contribution in [0.3, 0.4) is 0 Å². The van der Waals surface area contributed by atoms with Gasteiger partial charge in [0.15, 0.2) is 0 Å². The molecule has 168 valence electrons. The second-order valence-corrected chi connectivity index (χ2v) is 10.4.